The van der Waals surface area contributed by atoms with Crippen LogP contribution in [0.2, 0.25) is 0 Å². The molecule has 0 fully saturated rings. The van der Waals surface area contributed by atoms with Gasteiger partial charge >= 0.3 is 5.69 Å². The molecule has 0 aliphatic rings. The molecule has 172 valence electrons. The molecule has 0 atom stereocenters. The molecular formula is C23H25N5O3S2. The Labute approximate surface area is 199 Å². The van der Waals surface area contributed by atoms with Crippen LogP contribution in [0.4, 0.5) is 0 Å². The van der Waals surface area contributed by atoms with Crippen molar-refractivity contribution in [3.8, 4) is 16.3 Å². The number of hydrogen-bond acceptors (Lipinski definition) is 8. The van der Waals surface area contributed by atoms with Gasteiger partial charge in [0.2, 0.25) is 0 Å². The lowest BCUT2D eigenvalue weighted by atomic mass is 10.2. The van der Waals surface area contributed by atoms with Crippen molar-refractivity contribution in [1.29, 1.82) is 0 Å². The molecular weight excluding hydrogens is 458 g/mol. The fourth-order valence-electron chi connectivity index (χ4n) is 3.48. The first-order chi connectivity index (χ1) is 15.8. The van der Waals surface area contributed by atoms with Gasteiger partial charge in [-0.15, -0.1) is 11.3 Å². The third kappa shape index (κ3) is 4.72. The van der Waals surface area contributed by atoms with Gasteiger partial charge in [0.05, 0.1) is 12.8 Å². The zero-order valence-electron chi connectivity index (χ0n) is 19.2. The molecule has 3 heterocycles. The maximum absolute atomic E-state index is 13.0. The summed E-state index contributed by atoms with van der Waals surface area (Å²) >= 11 is 2.99. The summed E-state index contributed by atoms with van der Waals surface area (Å²) in [5, 5.41) is 3.84. The van der Waals surface area contributed by atoms with Crippen LogP contribution in [-0.2, 0) is 19.3 Å². The van der Waals surface area contributed by atoms with Gasteiger partial charge in [-0.2, -0.15) is 0 Å². The van der Waals surface area contributed by atoms with Crippen molar-refractivity contribution >= 4 is 34.1 Å². The van der Waals surface area contributed by atoms with E-state index in [0.717, 1.165) is 26.6 Å². The molecule has 1 aromatic carbocycles. The smallest absolute Gasteiger partial charge is 0.332 e. The highest BCUT2D eigenvalue weighted by Gasteiger charge is 2.19. The number of thiazole rings is 1. The Balaban J connectivity index is 1.70. The van der Waals surface area contributed by atoms with Gasteiger partial charge in [-0.05, 0) is 25.0 Å². The molecule has 10 heteroatoms. The number of fused-ring (bicyclic) bond motifs is 1. The summed E-state index contributed by atoms with van der Waals surface area (Å²) in [5.74, 6) is 2.06. The first-order valence-electron chi connectivity index (χ1n) is 10.5. The number of methoxy groups -OCH3 is 1. The summed E-state index contributed by atoms with van der Waals surface area (Å²) in [6.07, 6.45) is 0. The number of benzene rings is 1. The topological polar surface area (TPSA) is 91.9 Å². The third-order valence-electron chi connectivity index (χ3n) is 5.03. The van der Waals surface area contributed by atoms with Crippen molar-refractivity contribution in [1.82, 2.24) is 24.1 Å². The first-order valence-corrected chi connectivity index (χ1v) is 12.3. The quantitative estimate of drug-likeness (QED) is 0.291. The van der Waals surface area contributed by atoms with Crippen LogP contribution in [-0.4, -0.2) is 31.2 Å². The summed E-state index contributed by atoms with van der Waals surface area (Å²) in [5.41, 5.74) is 1.53. The van der Waals surface area contributed by atoms with Crippen LogP contribution in [0.5, 0.6) is 5.75 Å². The molecule has 0 N–H and O–H groups in total. The molecule has 33 heavy (non-hydrogen) atoms. The lowest BCUT2D eigenvalue weighted by Crippen LogP contribution is -2.39. The van der Waals surface area contributed by atoms with Gasteiger partial charge in [0.15, 0.2) is 5.65 Å². The lowest BCUT2D eigenvalue weighted by molar-refractivity contribution is 0.415. The molecule has 0 saturated heterocycles. The van der Waals surface area contributed by atoms with Gasteiger partial charge in [0.25, 0.3) is 5.56 Å². The van der Waals surface area contributed by atoms with Gasteiger partial charge in [-0.3, -0.25) is 13.9 Å². The Kier molecular flexibility index (Phi) is 6.66. The van der Waals surface area contributed by atoms with E-state index in [4.69, 9.17) is 9.72 Å². The molecule has 0 aliphatic heterocycles. The van der Waals surface area contributed by atoms with Gasteiger partial charge in [-0.1, -0.05) is 37.7 Å². The van der Waals surface area contributed by atoms with Crippen molar-refractivity contribution in [3.63, 3.8) is 0 Å². The van der Waals surface area contributed by atoms with Gasteiger partial charge in [-0.25, -0.2) is 19.7 Å². The Morgan fingerprint density at radius 2 is 1.97 bits per heavy atom. The fourth-order valence-corrected chi connectivity index (χ4v) is 5.35. The highest BCUT2D eigenvalue weighted by atomic mass is 32.2. The molecule has 4 rings (SSSR count). The van der Waals surface area contributed by atoms with Crippen molar-refractivity contribution in [2.45, 2.75) is 38.1 Å². The van der Waals surface area contributed by atoms with Crippen molar-refractivity contribution in [2.75, 3.05) is 7.11 Å². The average Bonchev–Trinajstić information content (AvgIpc) is 3.27. The van der Waals surface area contributed by atoms with Crippen LogP contribution in [0.3, 0.4) is 0 Å². The molecule has 0 aliphatic carbocycles. The number of hydrogen-bond donors (Lipinski definition) is 0. The van der Waals surface area contributed by atoms with E-state index in [1.807, 2.05) is 43.5 Å². The van der Waals surface area contributed by atoms with E-state index in [2.05, 4.69) is 9.97 Å². The van der Waals surface area contributed by atoms with E-state index in [1.54, 1.807) is 29.9 Å². The number of rotatable bonds is 7. The molecule has 8 nitrogen and oxygen atoms in total. The van der Waals surface area contributed by atoms with Crippen LogP contribution in [0.1, 0.15) is 25.4 Å². The second kappa shape index (κ2) is 9.48. The van der Waals surface area contributed by atoms with Gasteiger partial charge in [0.1, 0.15) is 27.0 Å². The SMILES string of the molecule is COc1cccc(-c2nc(CSc3nc(C)nc4c3c(=O)n(C)c(=O)n4CC(C)C)cs2)c1. The minimum absolute atomic E-state index is 0.222. The van der Waals surface area contributed by atoms with E-state index in [0.29, 0.717) is 34.2 Å². The van der Waals surface area contributed by atoms with Crippen LogP contribution in [0, 0.1) is 12.8 Å². The monoisotopic (exact) mass is 483 g/mol. The van der Waals surface area contributed by atoms with Crippen molar-refractivity contribution < 1.29 is 4.74 Å². The maximum atomic E-state index is 13.0. The second-order valence-corrected chi connectivity index (χ2v) is 9.91. The zero-order chi connectivity index (χ0) is 23.7. The predicted octanol–water partition coefficient (Wildman–Crippen LogP) is 3.88. The van der Waals surface area contributed by atoms with Crippen LogP contribution in [0.25, 0.3) is 21.6 Å². The molecule has 0 bridgehead atoms. The molecule has 0 radical (unpaired) electrons. The number of nitrogens with zero attached hydrogens (tertiary/aromatic N) is 5. The van der Waals surface area contributed by atoms with Crippen LogP contribution < -0.4 is 16.0 Å². The number of aryl methyl sites for hydroxylation is 1. The third-order valence-corrected chi connectivity index (χ3v) is 6.98. The van der Waals surface area contributed by atoms with E-state index >= 15 is 0 Å². The Morgan fingerprint density at radius 3 is 2.70 bits per heavy atom. The lowest BCUT2D eigenvalue weighted by Gasteiger charge is -2.15. The number of thioether (sulfide) groups is 1. The van der Waals surface area contributed by atoms with E-state index < -0.39 is 0 Å². The van der Waals surface area contributed by atoms with Crippen LogP contribution >= 0.6 is 23.1 Å². The van der Waals surface area contributed by atoms with E-state index in [9.17, 15) is 9.59 Å². The standard InChI is InChI=1S/C23H25N5O3S2/c1-13(2)10-28-19-18(22(29)27(4)23(28)30)21(25-14(3)24-19)33-12-16-11-32-20(26-16)15-7-6-8-17(9-15)31-5/h6-9,11,13H,10,12H2,1-5H3. The molecule has 0 amide bonds. The summed E-state index contributed by atoms with van der Waals surface area (Å²) < 4.78 is 8.02. The summed E-state index contributed by atoms with van der Waals surface area (Å²) in [7, 11) is 3.14. The number of ether oxygens (including phenoxy) is 1. The molecule has 0 saturated carbocycles. The summed E-state index contributed by atoms with van der Waals surface area (Å²) in [4.78, 5) is 39.5. The zero-order valence-corrected chi connectivity index (χ0v) is 20.8. The van der Waals surface area contributed by atoms with E-state index in [1.165, 1.54) is 18.8 Å². The second-order valence-electron chi connectivity index (χ2n) is 8.09. The Morgan fingerprint density at radius 1 is 1.18 bits per heavy atom. The Hall–Kier alpha value is -2.98. The highest BCUT2D eigenvalue weighted by molar-refractivity contribution is 7.98. The molecule has 4 aromatic rings. The minimum atomic E-state index is -0.382. The van der Waals surface area contributed by atoms with Crippen LogP contribution in [0.15, 0.2) is 44.3 Å². The maximum Gasteiger partial charge on any atom is 0.332 e. The number of aromatic nitrogens is 5. The predicted molar refractivity (Wildman–Crippen MR) is 132 cm³/mol. The van der Waals surface area contributed by atoms with Gasteiger partial charge in [0, 0.05) is 30.3 Å². The minimum Gasteiger partial charge on any atom is -0.497 e. The molecule has 0 unspecified atom stereocenters. The van der Waals surface area contributed by atoms with Crippen molar-refractivity contribution in [2.24, 2.45) is 13.0 Å². The fraction of sp³-hybridized carbons (Fsp3) is 0.348. The summed E-state index contributed by atoms with van der Waals surface area (Å²) in [6, 6.07) is 7.79. The Bertz CT molecular complexity index is 1440. The largest absolute Gasteiger partial charge is 0.497 e. The van der Waals surface area contributed by atoms with Crippen molar-refractivity contribution in [3.05, 3.63) is 62.0 Å². The van der Waals surface area contributed by atoms with E-state index in [-0.39, 0.29) is 17.2 Å². The average molecular weight is 484 g/mol. The summed E-state index contributed by atoms with van der Waals surface area (Å²) in [6.45, 7) is 6.29. The molecule has 0 spiro atoms. The van der Waals surface area contributed by atoms with Gasteiger partial charge < -0.3 is 4.74 Å². The normalized spacial score (nSPS) is 11.5. The highest BCUT2D eigenvalue weighted by Crippen LogP contribution is 2.30. The first kappa shape index (κ1) is 23.2. The molecule has 3 aromatic heterocycles.